The van der Waals surface area contributed by atoms with Gasteiger partial charge in [0.15, 0.2) is 0 Å². The summed E-state index contributed by atoms with van der Waals surface area (Å²) in [5, 5.41) is 0. The summed E-state index contributed by atoms with van der Waals surface area (Å²) in [6.07, 6.45) is 11.4. The molecule has 0 spiro atoms. The summed E-state index contributed by atoms with van der Waals surface area (Å²) in [7, 11) is -0.583. The van der Waals surface area contributed by atoms with Gasteiger partial charge in [-0.25, -0.2) is 0 Å². The second-order valence-corrected chi connectivity index (χ2v) is 8.08. The van der Waals surface area contributed by atoms with Crippen molar-refractivity contribution in [2.75, 3.05) is 6.61 Å². The van der Waals surface area contributed by atoms with E-state index in [4.69, 9.17) is 4.74 Å². The minimum absolute atomic E-state index is 0.583. The van der Waals surface area contributed by atoms with Crippen LogP contribution in [-0.2, 0) is 4.74 Å². The fourth-order valence-corrected chi connectivity index (χ4v) is 4.91. The third kappa shape index (κ3) is 5.52. The van der Waals surface area contributed by atoms with Crippen LogP contribution in [0.25, 0.3) is 0 Å². The van der Waals surface area contributed by atoms with Crippen molar-refractivity contribution >= 4 is 8.80 Å². The van der Waals surface area contributed by atoms with E-state index in [0.29, 0.717) is 5.73 Å². The molecule has 0 saturated carbocycles. The predicted molar refractivity (Wildman–Crippen MR) is 70.1 cm³/mol. The van der Waals surface area contributed by atoms with Gasteiger partial charge < -0.3 is 4.74 Å². The zero-order valence-electron chi connectivity index (χ0n) is 10.2. The number of hydrogen-bond donors (Lipinski definition) is 0. The van der Waals surface area contributed by atoms with Gasteiger partial charge in [-0.1, -0.05) is 31.5 Å². The molecule has 1 nitrogen and oxygen atoms in total. The standard InChI is InChI=1S/C13H26OSi/c1-3-4-5-6-9-12-15(2)13-10-7-8-11-14-13/h3,13,15H,1,4-12H2,2H3. The van der Waals surface area contributed by atoms with E-state index in [2.05, 4.69) is 13.1 Å². The van der Waals surface area contributed by atoms with E-state index in [1.165, 1.54) is 51.0 Å². The fraction of sp³-hybridized carbons (Fsp3) is 0.846. The smallest absolute Gasteiger partial charge is 0.0686 e. The molecule has 0 aromatic carbocycles. The van der Waals surface area contributed by atoms with Crippen molar-refractivity contribution in [1.29, 1.82) is 0 Å². The quantitative estimate of drug-likeness (QED) is 0.365. The van der Waals surface area contributed by atoms with Crippen molar-refractivity contribution in [3.05, 3.63) is 12.7 Å². The lowest BCUT2D eigenvalue weighted by Crippen LogP contribution is -2.33. The Bertz CT molecular complexity index is 164. The molecule has 0 aliphatic carbocycles. The summed E-state index contributed by atoms with van der Waals surface area (Å²) < 4.78 is 5.86. The van der Waals surface area contributed by atoms with Crippen LogP contribution in [0, 0.1) is 0 Å². The van der Waals surface area contributed by atoms with Crippen LogP contribution in [0.5, 0.6) is 0 Å². The van der Waals surface area contributed by atoms with Crippen LogP contribution in [0.3, 0.4) is 0 Å². The molecule has 15 heavy (non-hydrogen) atoms. The molecule has 1 aliphatic rings. The van der Waals surface area contributed by atoms with Gasteiger partial charge in [-0.05, 0) is 32.1 Å². The first-order chi connectivity index (χ1) is 7.34. The zero-order chi connectivity index (χ0) is 10.9. The molecule has 0 radical (unpaired) electrons. The fourth-order valence-electron chi connectivity index (χ4n) is 2.33. The molecule has 0 amide bonds. The summed E-state index contributed by atoms with van der Waals surface area (Å²) in [6, 6.07) is 1.47. The molecular formula is C13H26OSi. The number of hydrogen-bond acceptors (Lipinski definition) is 1. The van der Waals surface area contributed by atoms with Crippen LogP contribution < -0.4 is 0 Å². The molecule has 1 saturated heterocycles. The molecule has 2 heteroatoms. The highest BCUT2D eigenvalue weighted by Gasteiger charge is 2.21. The molecule has 0 aromatic rings. The normalized spacial score (nSPS) is 23.7. The molecule has 1 fully saturated rings. The number of allylic oxidation sites excluding steroid dienone is 1. The molecule has 0 bridgehead atoms. The molecule has 88 valence electrons. The van der Waals surface area contributed by atoms with Gasteiger partial charge in [0.05, 0.1) is 8.80 Å². The van der Waals surface area contributed by atoms with Crippen molar-refractivity contribution in [1.82, 2.24) is 0 Å². The summed E-state index contributed by atoms with van der Waals surface area (Å²) in [5.74, 6) is 0. The molecule has 0 aromatic heterocycles. The van der Waals surface area contributed by atoms with E-state index in [0.717, 1.165) is 6.61 Å². The first-order valence-electron chi connectivity index (χ1n) is 6.57. The minimum Gasteiger partial charge on any atom is -0.382 e. The first-order valence-corrected chi connectivity index (χ1v) is 9.21. The Morgan fingerprint density at radius 2 is 2.20 bits per heavy atom. The van der Waals surface area contributed by atoms with Gasteiger partial charge >= 0.3 is 0 Å². The Kier molecular flexibility index (Phi) is 7.02. The van der Waals surface area contributed by atoms with Gasteiger partial charge in [-0.15, -0.1) is 6.58 Å². The lowest BCUT2D eigenvalue weighted by Gasteiger charge is -2.27. The molecular weight excluding hydrogens is 200 g/mol. The second-order valence-electron chi connectivity index (χ2n) is 4.81. The molecule has 2 unspecified atom stereocenters. The zero-order valence-corrected chi connectivity index (χ0v) is 11.4. The minimum atomic E-state index is -0.583. The topological polar surface area (TPSA) is 9.23 Å². The molecule has 2 atom stereocenters. The summed E-state index contributed by atoms with van der Waals surface area (Å²) in [5.41, 5.74) is 0.693. The van der Waals surface area contributed by atoms with Gasteiger partial charge in [0.1, 0.15) is 0 Å². The van der Waals surface area contributed by atoms with Crippen molar-refractivity contribution in [3.63, 3.8) is 0 Å². The van der Waals surface area contributed by atoms with Crippen molar-refractivity contribution in [2.45, 2.75) is 63.3 Å². The van der Waals surface area contributed by atoms with Gasteiger partial charge in [0.25, 0.3) is 0 Å². The number of unbranched alkanes of at least 4 members (excludes halogenated alkanes) is 3. The average molecular weight is 226 g/mol. The van der Waals surface area contributed by atoms with Crippen LogP contribution in [-0.4, -0.2) is 21.1 Å². The Balaban J connectivity index is 2.01. The van der Waals surface area contributed by atoms with Crippen molar-refractivity contribution in [3.8, 4) is 0 Å². The molecule has 1 aliphatic heterocycles. The average Bonchev–Trinajstić information content (AvgIpc) is 2.30. The van der Waals surface area contributed by atoms with E-state index < -0.39 is 8.80 Å². The monoisotopic (exact) mass is 226 g/mol. The lowest BCUT2D eigenvalue weighted by atomic mass is 10.2. The predicted octanol–water partition coefficient (Wildman–Crippen LogP) is 3.70. The van der Waals surface area contributed by atoms with E-state index in [-0.39, 0.29) is 0 Å². The van der Waals surface area contributed by atoms with E-state index in [9.17, 15) is 0 Å². The molecule has 0 N–H and O–H groups in total. The molecule has 1 heterocycles. The summed E-state index contributed by atoms with van der Waals surface area (Å²) in [6.45, 7) is 7.27. The number of rotatable bonds is 7. The number of ether oxygens (including phenoxy) is 1. The van der Waals surface area contributed by atoms with Crippen molar-refractivity contribution < 1.29 is 4.74 Å². The van der Waals surface area contributed by atoms with Gasteiger partial charge in [0, 0.05) is 12.3 Å². The van der Waals surface area contributed by atoms with Gasteiger partial charge in [-0.2, -0.15) is 0 Å². The van der Waals surface area contributed by atoms with Gasteiger partial charge in [-0.3, -0.25) is 0 Å². The third-order valence-corrected chi connectivity index (χ3v) is 6.53. The lowest BCUT2D eigenvalue weighted by molar-refractivity contribution is 0.0625. The highest BCUT2D eigenvalue weighted by atomic mass is 28.3. The Labute approximate surface area is 96.5 Å². The van der Waals surface area contributed by atoms with Crippen LogP contribution in [0.2, 0.25) is 12.6 Å². The Hall–Kier alpha value is -0.0831. The highest BCUT2D eigenvalue weighted by Crippen LogP contribution is 2.19. The highest BCUT2D eigenvalue weighted by molar-refractivity contribution is 6.58. The van der Waals surface area contributed by atoms with Crippen LogP contribution >= 0.6 is 0 Å². The SMILES string of the molecule is C=CCCCCC[SiH](C)C1CCCCO1. The van der Waals surface area contributed by atoms with Crippen molar-refractivity contribution in [2.24, 2.45) is 0 Å². The maximum Gasteiger partial charge on any atom is 0.0686 e. The maximum atomic E-state index is 5.86. The van der Waals surface area contributed by atoms with Crippen LogP contribution in [0.15, 0.2) is 12.7 Å². The Morgan fingerprint density at radius 3 is 2.87 bits per heavy atom. The van der Waals surface area contributed by atoms with E-state index >= 15 is 0 Å². The van der Waals surface area contributed by atoms with E-state index in [1.54, 1.807) is 0 Å². The largest absolute Gasteiger partial charge is 0.382 e. The molecule has 1 rings (SSSR count). The second kappa shape index (κ2) is 8.11. The summed E-state index contributed by atoms with van der Waals surface area (Å²) in [4.78, 5) is 0. The maximum absolute atomic E-state index is 5.86. The summed E-state index contributed by atoms with van der Waals surface area (Å²) >= 11 is 0. The third-order valence-electron chi connectivity index (χ3n) is 3.42. The van der Waals surface area contributed by atoms with Crippen LogP contribution in [0.1, 0.15) is 44.9 Å². The first kappa shape index (κ1) is 13.0. The van der Waals surface area contributed by atoms with E-state index in [1.807, 2.05) is 6.08 Å². The van der Waals surface area contributed by atoms with Gasteiger partial charge in [0.2, 0.25) is 0 Å². The Morgan fingerprint density at radius 1 is 1.33 bits per heavy atom. The van der Waals surface area contributed by atoms with Crippen LogP contribution in [0.4, 0.5) is 0 Å².